The molecule has 0 saturated carbocycles. The van der Waals surface area contributed by atoms with Crippen molar-refractivity contribution in [3.63, 3.8) is 0 Å². The van der Waals surface area contributed by atoms with Crippen LogP contribution in [0.25, 0.3) is 0 Å². The van der Waals surface area contributed by atoms with Crippen molar-refractivity contribution in [1.82, 2.24) is 5.32 Å². The zero-order chi connectivity index (χ0) is 55.0. The summed E-state index contributed by atoms with van der Waals surface area (Å²) in [6.45, 7) is 4.90. The Labute approximate surface area is 474 Å². The van der Waals surface area contributed by atoms with Gasteiger partial charge in [-0.15, -0.1) is 0 Å². The monoisotopic (exact) mass is 1070 g/mol. The molecule has 0 bridgehead atoms. The molecule has 0 aliphatic rings. The van der Waals surface area contributed by atoms with Crippen molar-refractivity contribution < 1.29 is 24.5 Å². The maximum atomic E-state index is 12.5. The summed E-state index contributed by atoms with van der Waals surface area (Å²) in [6.07, 6.45) is 83.5. The van der Waals surface area contributed by atoms with Gasteiger partial charge in [-0.3, -0.25) is 9.59 Å². The number of unbranched alkanes of at least 4 members (excludes halogenated alkanes) is 49. The van der Waals surface area contributed by atoms with Crippen LogP contribution in [0.15, 0.2) is 36.5 Å². The summed E-state index contributed by atoms with van der Waals surface area (Å²) in [4.78, 5) is 24.6. The minimum atomic E-state index is -0.843. The third-order valence-electron chi connectivity index (χ3n) is 15.9. The Hall–Kier alpha value is -1.92. The van der Waals surface area contributed by atoms with Crippen molar-refractivity contribution in [3.05, 3.63) is 36.5 Å². The molecular weight excluding hydrogens is 935 g/mol. The number of esters is 1. The summed E-state index contributed by atoms with van der Waals surface area (Å²) in [5.41, 5.74) is 0. The molecule has 0 heterocycles. The minimum Gasteiger partial charge on any atom is -0.466 e. The van der Waals surface area contributed by atoms with Crippen molar-refractivity contribution >= 4 is 11.9 Å². The first kappa shape index (κ1) is 74.1. The van der Waals surface area contributed by atoms with E-state index in [2.05, 4.69) is 43.5 Å². The number of rotatable bonds is 64. The maximum Gasteiger partial charge on any atom is 0.305 e. The number of hydrogen-bond donors (Lipinski definition) is 3. The lowest BCUT2D eigenvalue weighted by Gasteiger charge is -2.20. The lowest BCUT2D eigenvalue weighted by Crippen LogP contribution is -2.45. The molecule has 0 aromatic rings. The molecule has 0 aliphatic heterocycles. The van der Waals surface area contributed by atoms with Gasteiger partial charge in [0, 0.05) is 12.8 Å². The second-order valence-electron chi connectivity index (χ2n) is 23.5. The fourth-order valence-electron chi connectivity index (χ4n) is 10.7. The normalized spacial score (nSPS) is 12.7. The van der Waals surface area contributed by atoms with E-state index in [1.807, 2.05) is 6.08 Å². The van der Waals surface area contributed by atoms with Gasteiger partial charge < -0.3 is 20.3 Å². The van der Waals surface area contributed by atoms with Crippen LogP contribution in [0.2, 0.25) is 0 Å². The third-order valence-corrected chi connectivity index (χ3v) is 15.9. The summed E-state index contributed by atoms with van der Waals surface area (Å²) in [5.74, 6) is -0.0589. The van der Waals surface area contributed by atoms with Crippen molar-refractivity contribution in [2.45, 2.75) is 386 Å². The van der Waals surface area contributed by atoms with Crippen molar-refractivity contribution in [1.29, 1.82) is 0 Å². The Morgan fingerprint density at radius 2 is 0.658 bits per heavy atom. The molecule has 6 nitrogen and oxygen atoms in total. The zero-order valence-electron chi connectivity index (χ0n) is 51.3. The Kier molecular flexibility index (Phi) is 63.9. The first-order chi connectivity index (χ1) is 37.5. The molecule has 0 unspecified atom stereocenters. The van der Waals surface area contributed by atoms with Crippen LogP contribution in [0.3, 0.4) is 0 Å². The molecule has 3 N–H and O–H groups in total. The number of allylic oxidation sites excluding steroid dienone is 5. The van der Waals surface area contributed by atoms with Crippen LogP contribution in [0, 0.1) is 0 Å². The van der Waals surface area contributed by atoms with Crippen molar-refractivity contribution in [3.8, 4) is 0 Å². The van der Waals surface area contributed by atoms with Gasteiger partial charge in [-0.1, -0.05) is 333 Å². The van der Waals surface area contributed by atoms with Gasteiger partial charge in [0.1, 0.15) is 0 Å². The molecule has 0 rings (SSSR count). The second kappa shape index (κ2) is 65.6. The largest absolute Gasteiger partial charge is 0.466 e. The Balaban J connectivity index is 3.37. The van der Waals surface area contributed by atoms with Crippen molar-refractivity contribution in [2.24, 2.45) is 0 Å². The van der Waals surface area contributed by atoms with Crippen LogP contribution in [0.4, 0.5) is 0 Å². The topological polar surface area (TPSA) is 95.9 Å². The van der Waals surface area contributed by atoms with Crippen LogP contribution >= 0.6 is 0 Å². The highest BCUT2D eigenvalue weighted by Gasteiger charge is 2.18. The van der Waals surface area contributed by atoms with E-state index < -0.39 is 12.1 Å². The van der Waals surface area contributed by atoms with Gasteiger partial charge in [-0.25, -0.2) is 0 Å². The van der Waals surface area contributed by atoms with E-state index in [0.717, 1.165) is 51.4 Å². The van der Waals surface area contributed by atoms with Crippen LogP contribution < -0.4 is 5.32 Å². The van der Waals surface area contributed by atoms with Crippen LogP contribution in [-0.2, 0) is 14.3 Å². The number of carbonyl (C=O) groups excluding carboxylic acids is 2. The molecule has 0 saturated heterocycles. The Morgan fingerprint density at radius 1 is 0.368 bits per heavy atom. The van der Waals surface area contributed by atoms with E-state index in [1.165, 1.54) is 295 Å². The molecular formula is C70H133NO5. The van der Waals surface area contributed by atoms with Crippen LogP contribution in [-0.4, -0.2) is 47.4 Å². The molecule has 448 valence electrons. The minimum absolute atomic E-state index is 0.00393. The number of aliphatic hydroxyl groups is 2. The summed E-state index contributed by atoms with van der Waals surface area (Å²) in [7, 11) is 0. The molecule has 0 aromatic heterocycles. The summed E-state index contributed by atoms with van der Waals surface area (Å²) < 4.78 is 5.49. The molecule has 0 fully saturated rings. The summed E-state index contributed by atoms with van der Waals surface area (Å²) in [5, 5.41) is 23.2. The first-order valence-corrected chi connectivity index (χ1v) is 34.3. The second-order valence-corrected chi connectivity index (χ2v) is 23.5. The van der Waals surface area contributed by atoms with Crippen LogP contribution in [0.1, 0.15) is 373 Å². The van der Waals surface area contributed by atoms with Gasteiger partial charge in [0.15, 0.2) is 0 Å². The molecule has 2 atom stereocenters. The average molecular weight is 1070 g/mol. The number of hydrogen-bond acceptors (Lipinski definition) is 5. The predicted molar refractivity (Wildman–Crippen MR) is 333 cm³/mol. The standard InChI is InChI=1S/C70H133NO5/c1-3-5-7-9-11-13-15-17-19-31-35-38-42-46-50-54-58-62-68(73)67(66-72)71-69(74)63-59-55-51-47-43-39-36-32-29-27-25-23-21-20-22-24-26-28-30-33-37-41-45-49-53-57-61-65-76-70(75)64-60-56-52-48-44-40-34-18-16-14-12-10-8-6-4-2/h12,14,18,34,58,62,67-68,72-73H,3-11,13,15-17,19-33,35-57,59-61,63-66H2,1-2H3,(H,71,74)/b14-12-,34-18-,62-58+/t67-,68+/m0/s1. The van der Waals surface area contributed by atoms with Crippen molar-refractivity contribution in [2.75, 3.05) is 13.2 Å². The van der Waals surface area contributed by atoms with E-state index in [4.69, 9.17) is 4.74 Å². The summed E-state index contributed by atoms with van der Waals surface area (Å²) in [6, 6.07) is -0.626. The highest BCUT2D eigenvalue weighted by Crippen LogP contribution is 2.18. The van der Waals surface area contributed by atoms with Crippen LogP contribution in [0.5, 0.6) is 0 Å². The predicted octanol–water partition coefficient (Wildman–Crippen LogP) is 21.9. The number of aliphatic hydroxyl groups excluding tert-OH is 2. The smallest absolute Gasteiger partial charge is 0.305 e. The average Bonchev–Trinajstić information content (AvgIpc) is 3.42. The quantitative estimate of drug-likeness (QED) is 0.0320. The molecule has 1 amide bonds. The Morgan fingerprint density at radius 3 is 1.03 bits per heavy atom. The Bertz CT molecular complexity index is 1230. The van der Waals surface area contributed by atoms with E-state index in [1.54, 1.807) is 6.08 Å². The number of nitrogens with one attached hydrogen (secondary N) is 1. The SMILES string of the molecule is CCCCC/C=C\C/C=C\CCCCCCCC(=O)OCCCCCCCCCCCCCCCCCCCCCCCCCCCCCC(=O)N[C@@H](CO)[C@H](O)/C=C/CCCCCCCCCCCCCCCCC. The fraction of sp³-hybridized carbons (Fsp3) is 0.886. The van der Waals surface area contributed by atoms with Gasteiger partial charge in [-0.05, 0) is 64.2 Å². The zero-order valence-corrected chi connectivity index (χ0v) is 51.3. The number of amides is 1. The van der Waals surface area contributed by atoms with Gasteiger partial charge >= 0.3 is 5.97 Å². The van der Waals surface area contributed by atoms with E-state index >= 15 is 0 Å². The number of carbonyl (C=O) groups is 2. The number of ether oxygens (including phenoxy) is 1. The molecule has 76 heavy (non-hydrogen) atoms. The molecule has 6 heteroatoms. The molecule has 0 aliphatic carbocycles. The summed E-state index contributed by atoms with van der Waals surface area (Å²) >= 11 is 0. The molecule has 0 radical (unpaired) electrons. The van der Waals surface area contributed by atoms with E-state index in [-0.39, 0.29) is 18.5 Å². The fourth-order valence-corrected chi connectivity index (χ4v) is 10.7. The van der Waals surface area contributed by atoms with Gasteiger partial charge in [0.25, 0.3) is 0 Å². The van der Waals surface area contributed by atoms with Gasteiger partial charge in [0.05, 0.1) is 25.4 Å². The molecule has 0 spiro atoms. The van der Waals surface area contributed by atoms with Gasteiger partial charge in [-0.2, -0.15) is 0 Å². The maximum absolute atomic E-state index is 12.5. The highest BCUT2D eigenvalue weighted by atomic mass is 16.5. The van der Waals surface area contributed by atoms with Gasteiger partial charge in [0.2, 0.25) is 5.91 Å². The first-order valence-electron chi connectivity index (χ1n) is 34.3. The van der Waals surface area contributed by atoms with E-state index in [0.29, 0.717) is 19.4 Å². The third kappa shape index (κ3) is 61.3. The highest BCUT2D eigenvalue weighted by molar-refractivity contribution is 5.76. The lowest BCUT2D eigenvalue weighted by molar-refractivity contribution is -0.143. The molecule has 0 aromatic carbocycles. The lowest BCUT2D eigenvalue weighted by atomic mass is 10.0. The van der Waals surface area contributed by atoms with E-state index in [9.17, 15) is 19.8 Å².